The van der Waals surface area contributed by atoms with Crippen molar-refractivity contribution < 1.29 is 9.63 Å². The van der Waals surface area contributed by atoms with E-state index in [1.807, 2.05) is 31.2 Å². The van der Waals surface area contributed by atoms with Crippen LogP contribution in [0.2, 0.25) is 5.02 Å². The van der Waals surface area contributed by atoms with Crippen LogP contribution in [0.3, 0.4) is 0 Å². The number of hydrogen-bond donors (Lipinski definition) is 0. The molecule has 0 aromatic heterocycles. The average Bonchev–Trinajstić information content (AvgIpc) is 2.60. The van der Waals surface area contributed by atoms with E-state index in [9.17, 15) is 4.79 Å². The first-order valence-electron chi connectivity index (χ1n) is 5.30. The van der Waals surface area contributed by atoms with Gasteiger partial charge in [0, 0.05) is 18.4 Å². The molecule has 0 bridgehead atoms. The van der Waals surface area contributed by atoms with E-state index in [-0.39, 0.29) is 18.1 Å². The van der Waals surface area contributed by atoms with Crippen molar-refractivity contribution in [3.05, 3.63) is 34.9 Å². The van der Waals surface area contributed by atoms with Gasteiger partial charge in [-0.3, -0.25) is 9.63 Å². The largest absolute Gasteiger partial charge is 0.273 e. The molecule has 1 aromatic carbocycles. The summed E-state index contributed by atoms with van der Waals surface area (Å²) in [6, 6.07) is 7.67. The second-order valence-corrected chi connectivity index (χ2v) is 4.52. The van der Waals surface area contributed by atoms with Crippen LogP contribution in [0, 0.1) is 0 Å². The number of halogens is 1. The van der Waals surface area contributed by atoms with Crippen molar-refractivity contribution in [3.63, 3.8) is 0 Å². The Morgan fingerprint density at radius 1 is 1.56 bits per heavy atom. The summed E-state index contributed by atoms with van der Waals surface area (Å²) in [6.45, 7) is 3.49. The smallest absolute Gasteiger partial charge is 0.243 e. The molecule has 1 aromatic rings. The van der Waals surface area contributed by atoms with Gasteiger partial charge in [-0.1, -0.05) is 23.7 Å². The molecule has 0 N–H and O–H groups in total. The molecule has 0 radical (unpaired) electrons. The topological polar surface area (TPSA) is 29.5 Å². The molecule has 0 unspecified atom stereocenters. The highest BCUT2D eigenvalue weighted by Crippen LogP contribution is 2.33. The zero-order valence-corrected chi connectivity index (χ0v) is 10.1. The molecule has 1 heterocycles. The van der Waals surface area contributed by atoms with Crippen molar-refractivity contribution in [2.45, 2.75) is 32.4 Å². The Morgan fingerprint density at radius 2 is 2.31 bits per heavy atom. The number of carbonyl (C=O) groups excluding carboxylic acids is 1. The highest BCUT2D eigenvalue weighted by Gasteiger charge is 2.33. The lowest BCUT2D eigenvalue weighted by Crippen LogP contribution is -2.30. The summed E-state index contributed by atoms with van der Waals surface area (Å²) in [6.07, 6.45) is 0.734. The molecule has 86 valence electrons. The van der Waals surface area contributed by atoms with Gasteiger partial charge >= 0.3 is 0 Å². The molecule has 4 heteroatoms. The first kappa shape index (κ1) is 11.4. The van der Waals surface area contributed by atoms with Gasteiger partial charge in [-0.05, 0) is 24.6 Å². The minimum atomic E-state index is -0.0717. The molecule has 2 atom stereocenters. The maximum Gasteiger partial charge on any atom is 0.243 e. The van der Waals surface area contributed by atoms with E-state index in [0.717, 1.165) is 12.0 Å². The monoisotopic (exact) mass is 239 g/mol. The highest BCUT2D eigenvalue weighted by molar-refractivity contribution is 6.30. The molecule has 0 aliphatic carbocycles. The zero-order chi connectivity index (χ0) is 11.7. The van der Waals surface area contributed by atoms with E-state index in [2.05, 4.69) is 0 Å². The van der Waals surface area contributed by atoms with E-state index in [1.54, 1.807) is 0 Å². The van der Waals surface area contributed by atoms with Crippen LogP contribution in [0.5, 0.6) is 0 Å². The Bertz CT molecular complexity index is 408. The second kappa shape index (κ2) is 4.44. The maximum atomic E-state index is 11.3. The molecule has 0 saturated carbocycles. The zero-order valence-electron chi connectivity index (χ0n) is 9.31. The fourth-order valence-electron chi connectivity index (χ4n) is 1.98. The fourth-order valence-corrected chi connectivity index (χ4v) is 2.18. The normalized spacial score (nSPS) is 24.8. The highest BCUT2D eigenvalue weighted by atomic mass is 35.5. The lowest BCUT2D eigenvalue weighted by Gasteiger charge is -2.17. The summed E-state index contributed by atoms with van der Waals surface area (Å²) in [5, 5.41) is 2.13. The number of hydrogen-bond acceptors (Lipinski definition) is 2. The fraction of sp³-hybridized carbons (Fsp3) is 0.417. The van der Waals surface area contributed by atoms with E-state index < -0.39 is 0 Å². The van der Waals surface area contributed by atoms with Gasteiger partial charge < -0.3 is 0 Å². The molecule has 1 fully saturated rings. The molecule has 3 nitrogen and oxygen atoms in total. The number of nitrogens with zero attached hydrogens (tertiary/aromatic N) is 1. The first-order chi connectivity index (χ1) is 7.58. The summed E-state index contributed by atoms with van der Waals surface area (Å²) in [7, 11) is 0. The second-order valence-electron chi connectivity index (χ2n) is 4.08. The summed E-state index contributed by atoms with van der Waals surface area (Å²) < 4.78 is 0. The van der Waals surface area contributed by atoms with E-state index in [0.29, 0.717) is 5.02 Å². The Hall–Kier alpha value is -1.06. The van der Waals surface area contributed by atoms with E-state index in [4.69, 9.17) is 16.4 Å². The quantitative estimate of drug-likeness (QED) is 0.754. The van der Waals surface area contributed by atoms with Gasteiger partial charge in [0.15, 0.2) is 0 Å². The minimum Gasteiger partial charge on any atom is -0.273 e. The molecular formula is C12H14ClNO2. The van der Waals surface area contributed by atoms with Crippen LogP contribution in [-0.4, -0.2) is 17.0 Å². The van der Waals surface area contributed by atoms with Crippen LogP contribution in [0.15, 0.2) is 24.3 Å². The van der Waals surface area contributed by atoms with E-state index in [1.165, 1.54) is 12.0 Å². The SMILES string of the molecule is CC(=O)N1O[C@H](c2cccc(Cl)c2)C[C@@H]1C. The standard InChI is InChI=1S/C12H14ClNO2/c1-8-6-12(16-14(8)9(2)15)10-4-3-5-11(13)7-10/h3-5,7-8,12H,6H2,1-2H3/t8-,12-/m0/s1. The molecule has 1 aliphatic rings. The van der Waals surface area contributed by atoms with Gasteiger partial charge in [0.05, 0.1) is 6.04 Å². The molecule has 16 heavy (non-hydrogen) atoms. The van der Waals surface area contributed by atoms with Crippen molar-refractivity contribution >= 4 is 17.5 Å². The lowest BCUT2D eigenvalue weighted by atomic mass is 10.0. The van der Waals surface area contributed by atoms with Crippen LogP contribution in [0.4, 0.5) is 0 Å². The summed E-state index contributed by atoms with van der Waals surface area (Å²) >= 11 is 5.92. The van der Waals surface area contributed by atoms with Crippen molar-refractivity contribution in [2.24, 2.45) is 0 Å². The molecule has 1 amide bonds. The van der Waals surface area contributed by atoms with Gasteiger partial charge in [0.2, 0.25) is 5.91 Å². The number of rotatable bonds is 1. The molecule has 1 saturated heterocycles. The number of amides is 1. The third-order valence-electron chi connectivity index (χ3n) is 2.73. The van der Waals surface area contributed by atoms with Crippen molar-refractivity contribution in [2.75, 3.05) is 0 Å². The Balaban J connectivity index is 2.16. The predicted octanol–water partition coefficient (Wildman–Crippen LogP) is 2.95. The lowest BCUT2D eigenvalue weighted by molar-refractivity contribution is -0.185. The van der Waals surface area contributed by atoms with Crippen LogP contribution in [-0.2, 0) is 9.63 Å². The van der Waals surface area contributed by atoms with Crippen molar-refractivity contribution in [1.29, 1.82) is 0 Å². The minimum absolute atomic E-state index is 0.0583. The van der Waals surface area contributed by atoms with E-state index >= 15 is 0 Å². The molecule has 0 spiro atoms. The summed E-state index contributed by atoms with van der Waals surface area (Å²) in [5.74, 6) is -0.0583. The van der Waals surface area contributed by atoms with Crippen molar-refractivity contribution in [3.8, 4) is 0 Å². The number of hydroxylamine groups is 2. The Kier molecular flexibility index (Phi) is 3.17. The van der Waals surface area contributed by atoms with Gasteiger partial charge in [-0.15, -0.1) is 0 Å². The van der Waals surface area contributed by atoms with Crippen LogP contribution in [0.1, 0.15) is 31.9 Å². The maximum absolute atomic E-state index is 11.3. The third kappa shape index (κ3) is 2.20. The predicted molar refractivity (Wildman–Crippen MR) is 61.9 cm³/mol. The number of benzene rings is 1. The first-order valence-corrected chi connectivity index (χ1v) is 5.68. The Labute approximate surface area is 99.9 Å². The molecule has 1 aliphatic heterocycles. The third-order valence-corrected chi connectivity index (χ3v) is 2.96. The summed E-state index contributed by atoms with van der Waals surface area (Å²) in [4.78, 5) is 16.9. The van der Waals surface area contributed by atoms with Gasteiger partial charge in [-0.2, -0.15) is 0 Å². The molecule has 2 rings (SSSR count). The van der Waals surface area contributed by atoms with Crippen LogP contribution in [0.25, 0.3) is 0 Å². The summed E-state index contributed by atoms with van der Waals surface area (Å²) in [5.41, 5.74) is 1.02. The molecular weight excluding hydrogens is 226 g/mol. The van der Waals surface area contributed by atoms with Crippen LogP contribution < -0.4 is 0 Å². The Morgan fingerprint density at radius 3 is 2.88 bits per heavy atom. The average molecular weight is 240 g/mol. The van der Waals surface area contributed by atoms with Gasteiger partial charge in [0.1, 0.15) is 6.10 Å². The number of carbonyl (C=O) groups is 1. The van der Waals surface area contributed by atoms with Gasteiger partial charge in [0.25, 0.3) is 0 Å². The van der Waals surface area contributed by atoms with Crippen LogP contribution >= 0.6 is 11.6 Å². The van der Waals surface area contributed by atoms with Crippen molar-refractivity contribution in [1.82, 2.24) is 5.06 Å². The van der Waals surface area contributed by atoms with Gasteiger partial charge in [-0.25, -0.2) is 5.06 Å².